The van der Waals surface area contributed by atoms with Gasteiger partial charge in [-0.2, -0.15) is 0 Å². The zero-order chi connectivity index (χ0) is 18.5. The molecule has 2 fully saturated rings. The van der Waals surface area contributed by atoms with E-state index in [1.165, 1.54) is 13.0 Å². The third kappa shape index (κ3) is 5.56. The van der Waals surface area contributed by atoms with Gasteiger partial charge >= 0.3 is 0 Å². The molecule has 0 bridgehead atoms. The largest absolute Gasteiger partial charge is 0.357 e. The molecule has 7 nitrogen and oxygen atoms in total. The lowest BCUT2D eigenvalue weighted by Crippen LogP contribution is -2.57. The summed E-state index contributed by atoms with van der Waals surface area (Å²) in [4.78, 5) is 11.7. The number of hydrogen-bond acceptors (Lipinski definition) is 5. The quantitative estimate of drug-likeness (QED) is 0.557. The summed E-state index contributed by atoms with van der Waals surface area (Å²) in [5.41, 5.74) is 0. The lowest BCUT2D eigenvalue weighted by molar-refractivity contribution is 0.282. The summed E-state index contributed by atoms with van der Waals surface area (Å²) >= 11 is 0. The van der Waals surface area contributed by atoms with Gasteiger partial charge in [-0.1, -0.05) is 0 Å². The smallest absolute Gasteiger partial charge is 0.194 e. The molecule has 2 aliphatic heterocycles. The van der Waals surface area contributed by atoms with Crippen LogP contribution in [0.15, 0.2) is 4.99 Å². The summed E-state index contributed by atoms with van der Waals surface area (Å²) in [6, 6.07) is 0. The lowest BCUT2D eigenvalue weighted by Gasteiger charge is -2.39. The zero-order valence-electron chi connectivity index (χ0n) is 16.3. The third-order valence-electron chi connectivity index (χ3n) is 5.17. The monoisotopic (exact) mass is 373 g/mol. The average molecular weight is 374 g/mol. The first-order valence-corrected chi connectivity index (χ1v) is 11.1. The van der Waals surface area contributed by atoms with E-state index in [2.05, 4.69) is 27.1 Å². The first-order chi connectivity index (χ1) is 11.7. The summed E-state index contributed by atoms with van der Waals surface area (Å²) in [6.07, 6.45) is 1.21. The van der Waals surface area contributed by atoms with Crippen LogP contribution in [0, 0.1) is 0 Å². The summed E-state index contributed by atoms with van der Waals surface area (Å²) in [5.74, 6) is 1.04. The molecule has 0 amide bonds. The van der Waals surface area contributed by atoms with Gasteiger partial charge in [-0.05, 0) is 47.3 Å². The van der Waals surface area contributed by atoms with Gasteiger partial charge in [0.05, 0.1) is 17.0 Å². The molecule has 0 aromatic heterocycles. The molecule has 0 aromatic rings. The van der Waals surface area contributed by atoms with Crippen molar-refractivity contribution < 1.29 is 8.42 Å². The van der Waals surface area contributed by atoms with E-state index >= 15 is 0 Å². The van der Waals surface area contributed by atoms with E-state index in [0.29, 0.717) is 13.1 Å². The maximum absolute atomic E-state index is 12.2. The van der Waals surface area contributed by atoms with E-state index < -0.39 is 14.6 Å². The molecular weight excluding hydrogens is 338 g/mol. The van der Waals surface area contributed by atoms with Crippen LogP contribution in [0.3, 0.4) is 0 Å². The minimum absolute atomic E-state index is 0.197. The van der Waals surface area contributed by atoms with E-state index in [1.54, 1.807) is 0 Å². The van der Waals surface area contributed by atoms with Crippen LogP contribution < -0.4 is 5.32 Å². The molecule has 0 unspecified atom stereocenters. The number of aliphatic imine (C=N–C) groups is 1. The molecule has 8 heteroatoms. The number of nitrogens with one attached hydrogen (secondary N) is 1. The van der Waals surface area contributed by atoms with E-state index in [0.717, 1.165) is 45.2 Å². The summed E-state index contributed by atoms with van der Waals surface area (Å²) in [5, 5.41) is 3.33. The molecular formula is C17H35N5O2S. The number of sulfone groups is 1. The Labute approximate surface area is 153 Å². The maximum Gasteiger partial charge on any atom is 0.194 e. The van der Waals surface area contributed by atoms with E-state index in [4.69, 9.17) is 4.99 Å². The normalized spacial score (nSPS) is 25.6. The molecule has 2 saturated heterocycles. The van der Waals surface area contributed by atoms with Crippen LogP contribution in [0.5, 0.6) is 0 Å². The first kappa shape index (κ1) is 20.5. The summed E-state index contributed by atoms with van der Waals surface area (Å²) in [7, 11) is -0.849. The molecule has 0 saturated carbocycles. The van der Waals surface area contributed by atoms with Crippen molar-refractivity contribution in [3.63, 3.8) is 0 Å². The Kier molecular flexibility index (Phi) is 7.10. The number of likely N-dealkylation sites (N-methyl/N-ethyl adjacent to an activating group) is 1. The summed E-state index contributed by atoms with van der Waals surface area (Å²) in [6.45, 7) is 13.7. The van der Waals surface area contributed by atoms with Gasteiger partial charge in [0.25, 0.3) is 0 Å². The van der Waals surface area contributed by atoms with Gasteiger partial charge in [-0.3, -0.25) is 4.99 Å². The minimum atomic E-state index is -3.03. The molecule has 0 aromatic carbocycles. The molecule has 0 spiro atoms. The summed E-state index contributed by atoms with van der Waals surface area (Å²) < 4.78 is 23.7. The van der Waals surface area contributed by atoms with Crippen molar-refractivity contribution in [2.24, 2.45) is 4.99 Å². The predicted molar refractivity (Wildman–Crippen MR) is 104 cm³/mol. The third-order valence-corrected chi connectivity index (χ3v) is 7.70. The Bertz CT molecular complexity index is 561. The molecule has 0 radical (unpaired) electrons. The first-order valence-electron chi connectivity index (χ1n) is 9.41. The molecule has 0 atom stereocenters. The molecule has 25 heavy (non-hydrogen) atoms. The molecule has 2 rings (SSSR count). The van der Waals surface area contributed by atoms with E-state index in [-0.39, 0.29) is 5.75 Å². The van der Waals surface area contributed by atoms with Crippen LogP contribution in [-0.2, 0) is 9.84 Å². The van der Waals surface area contributed by atoms with Crippen molar-refractivity contribution in [1.29, 1.82) is 0 Å². The predicted octanol–water partition coefficient (Wildman–Crippen LogP) is 0.0984. The molecule has 1 N–H and O–H groups in total. The second-order valence-electron chi connectivity index (χ2n) is 7.73. The highest BCUT2D eigenvalue weighted by molar-refractivity contribution is 7.92. The Balaban J connectivity index is 1.94. The van der Waals surface area contributed by atoms with Gasteiger partial charge in [0, 0.05) is 39.3 Å². The highest BCUT2D eigenvalue weighted by atomic mass is 32.2. The highest BCUT2D eigenvalue weighted by Crippen LogP contribution is 2.23. The van der Waals surface area contributed by atoms with Gasteiger partial charge in [0.1, 0.15) is 0 Å². The van der Waals surface area contributed by atoms with Crippen LogP contribution in [0.25, 0.3) is 0 Å². The Morgan fingerprint density at radius 3 is 2.60 bits per heavy atom. The molecule has 0 aliphatic carbocycles. The van der Waals surface area contributed by atoms with Crippen molar-refractivity contribution in [2.45, 2.75) is 31.9 Å². The molecule has 2 heterocycles. The second-order valence-corrected chi connectivity index (χ2v) is 10.5. The van der Waals surface area contributed by atoms with Crippen molar-refractivity contribution in [3.05, 3.63) is 0 Å². The zero-order valence-corrected chi connectivity index (χ0v) is 17.1. The Morgan fingerprint density at radius 2 is 1.92 bits per heavy atom. The second kappa shape index (κ2) is 8.68. The maximum atomic E-state index is 12.2. The van der Waals surface area contributed by atoms with E-state index in [9.17, 15) is 8.42 Å². The van der Waals surface area contributed by atoms with Gasteiger partial charge in [-0.25, -0.2) is 8.42 Å². The fourth-order valence-electron chi connectivity index (χ4n) is 3.37. The van der Waals surface area contributed by atoms with Crippen molar-refractivity contribution in [2.75, 3.05) is 71.7 Å². The SMILES string of the molecule is CCNC(=NCCN1CCCN(C)CC1)N1CCS(=O)(=O)C(C)(C)C1. The fraction of sp³-hybridized carbons (Fsp3) is 0.941. The van der Waals surface area contributed by atoms with Gasteiger partial charge in [0.15, 0.2) is 15.8 Å². The fourth-order valence-corrected chi connectivity index (χ4v) is 4.74. The number of hydrogen-bond donors (Lipinski definition) is 1. The number of rotatable bonds is 4. The van der Waals surface area contributed by atoms with Crippen LogP contribution in [-0.4, -0.2) is 106 Å². The van der Waals surface area contributed by atoms with Crippen molar-refractivity contribution in [1.82, 2.24) is 20.0 Å². The van der Waals surface area contributed by atoms with Crippen LogP contribution in [0.2, 0.25) is 0 Å². The number of guanidine groups is 1. The molecule has 2 aliphatic rings. The highest BCUT2D eigenvalue weighted by Gasteiger charge is 2.40. The van der Waals surface area contributed by atoms with Gasteiger partial charge < -0.3 is 20.0 Å². The van der Waals surface area contributed by atoms with Gasteiger partial charge in [-0.15, -0.1) is 0 Å². The topological polar surface area (TPSA) is 68.2 Å². The lowest BCUT2D eigenvalue weighted by atomic mass is 10.2. The van der Waals surface area contributed by atoms with Gasteiger partial charge in [0.2, 0.25) is 0 Å². The van der Waals surface area contributed by atoms with Crippen molar-refractivity contribution in [3.8, 4) is 0 Å². The number of nitrogens with zero attached hydrogens (tertiary/aromatic N) is 4. The Morgan fingerprint density at radius 1 is 1.16 bits per heavy atom. The van der Waals surface area contributed by atoms with Crippen LogP contribution in [0.1, 0.15) is 27.2 Å². The average Bonchev–Trinajstić information content (AvgIpc) is 2.74. The van der Waals surface area contributed by atoms with Crippen LogP contribution >= 0.6 is 0 Å². The Hall–Kier alpha value is -0.860. The van der Waals surface area contributed by atoms with Crippen LogP contribution in [0.4, 0.5) is 0 Å². The van der Waals surface area contributed by atoms with Crippen molar-refractivity contribution >= 4 is 15.8 Å². The molecule has 146 valence electrons. The minimum Gasteiger partial charge on any atom is -0.357 e. The van der Waals surface area contributed by atoms with E-state index in [1.807, 2.05) is 20.8 Å². The standard InChI is InChI=1S/C17H35N5O2S/c1-5-18-16(22-13-14-25(23,24)17(2,3)15-22)19-7-10-21-9-6-8-20(4)11-12-21/h5-15H2,1-4H3,(H,18,19).